The number of carbonyl (C=O) groups is 2. The fourth-order valence-electron chi connectivity index (χ4n) is 4.07. The van der Waals surface area contributed by atoms with E-state index in [-0.39, 0.29) is 23.9 Å². The van der Waals surface area contributed by atoms with E-state index in [1.807, 2.05) is 36.4 Å². The Bertz CT molecular complexity index is 813. The number of hydrogen-bond acceptors (Lipinski definition) is 2. The van der Waals surface area contributed by atoms with Gasteiger partial charge in [-0.2, -0.15) is 0 Å². The molecule has 3 amide bonds. The minimum atomic E-state index is -0.0928. The number of urea groups is 1. The highest BCUT2D eigenvalue weighted by atomic mass is 16.2. The molecule has 2 aromatic carbocycles. The van der Waals surface area contributed by atoms with E-state index >= 15 is 0 Å². The Morgan fingerprint density at radius 3 is 2.37 bits per heavy atom. The summed E-state index contributed by atoms with van der Waals surface area (Å²) in [5.41, 5.74) is 3.39. The van der Waals surface area contributed by atoms with Gasteiger partial charge in [0.05, 0.1) is 6.04 Å². The molecule has 1 unspecified atom stereocenters. The van der Waals surface area contributed by atoms with Crippen molar-refractivity contribution < 1.29 is 9.59 Å². The van der Waals surface area contributed by atoms with Crippen LogP contribution < -0.4 is 10.6 Å². The number of benzene rings is 2. The first-order chi connectivity index (χ1) is 13.2. The zero-order valence-electron chi connectivity index (χ0n) is 15.4. The Hall–Kier alpha value is -2.82. The van der Waals surface area contributed by atoms with Gasteiger partial charge in [0.25, 0.3) is 0 Å². The number of carbonyl (C=O) groups excluding carboxylic acids is 2. The number of nitrogens with zero attached hydrogens (tertiary/aromatic N) is 1. The fourth-order valence-corrected chi connectivity index (χ4v) is 4.07. The molecule has 1 aliphatic carbocycles. The standard InChI is InChI=1S/C22H25N3O2/c26-21(24-20-11-10-16-6-4-5-9-19(16)20)17-12-14-25(15-13-17)22(27)23-18-7-2-1-3-8-18/h1-9,17,20H,10-15H2,(H,23,27)(H,24,26). The molecule has 0 spiro atoms. The summed E-state index contributed by atoms with van der Waals surface area (Å²) in [7, 11) is 0. The topological polar surface area (TPSA) is 61.4 Å². The number of hydrogen-bond donors (Lipinski definition) is 2. The van der Waals surface area contributed by atoms with Crippen molar-refractivity contribution in [2.75, 3.05) is 18.4 Å². The Labute approximate surface area is 159 Å². The lowest BCUT2D eigenvalue weighted by molar-refractivity contribution is -0.127. The van der Waals surface area contributed by atoms with Gasteiger partial charge in [-0.3, -0.25) is 4.79 Å². The third kappa shape index (κ3) is 3.97. The second-order valence-corrected chi connectivity index (χ2v) is 7.36. The predicted octanol–water partition coefficient (Wildman–Crippen LogP) is 3.73. The van der Waals surface area contributed by atoms with Crippen LogP contribution in [-0.4, -0.2) is 29.9 Å². The van der Waals surface area contributed by atoms with Crippen LogP contribution in [0.3, 0.4) is 0 Å². The summed E-state index contributed by atoms with van der Waals surface area (Å²) in [6, 6.07) is 17.8. The SMILES string of the molecule is O=C(NC1CCc2ccccc21)C1CCN(C(=O)Nc2ccccc2)CC1. The number of para-hydroxylation sites is 1. The molecule has 1 fully saturated rings. The van der Waals surface area contributed by atoms with Gasteiger partial charge in [0, 0.05) is 24.7 Å². The molecule has 2 N–H and O–H groups in total. The van der Waals surface area contributed by atoms with E-state index in [2.05, 4.69) is 28.8 Å². The summed E-state index contributed by atoms with van der Waals surface area (Å²) >= 11 is 0. The molecule has 140 valence electrons. The maximum atomic E-state index is 12.7. The zero-order valence-corrected chi connectivity index (χ0v) is 15.4. The Morgan fingerprint density at radius 1 is 0.889 bits per heavy atom. The predicted molar refractivity (Wildman–Crippen MR) is 105 cm³/mol. The van der Waals surface area contributed by atoms with Crippen LogP contribution in [0.1, 0.15) is 36.4 Å². The number of fused-ring (bicyclic) bond motifs is 1. The molecule has 1 saturated heterocycles. The molecule has 5 heteroatoms. The lowest BCUT2D eigenvalue weighted by Crippen LogP contribution is -2.45. The molecule has 5 nitrogen and oxygen atoms in total. The van der Waals surface area contributed by atoms with Gasteiger partial charge in [-0.05, 0) is 48.9 Å². The van der Waals surface area contributed by atoms with Crippen LogP contribution in [0.5, 0.6) is 0 Å². The first-order valence-corrected chi connectivity index (χ1v) is 9.70. The lowest BCUT2D eigenvalue weighted by Gasteiger charge is -2.32. The summed E-state index contributed by atoms with van der Waals surface area (Å²) in [4.78, 5) is 26.9. The van der Waals surface area contributed by atoms with Gasteiger partial charge in [0.2, 0.25) is 5.91 Å². The van der Waals surface area contributed by atoms with Crippen LogP contribution in [0.2, 0.25) is 0 Å². The number of rotatable bonds is 3. The smallest absolute Gasteiger partial charge is 0.321 e. The van der Waals surface area contributed by atoms with Crippen molar-refractivity contribution in [3.8, 4) is 0 Å². The summed E-state index contributed by atoms with van der Waals surface area (Å²) in [6.07, 6.45) is 3.42. The van der Waals surface area contributed by atoms with Crippen LogP contribution in [-0.2, 0) is 11.2 Å². The zero-order chi connectivity index (χ0) is 18.6. The van der Waals surface area contributed by atoms with Crippen molar-refractivity contribution in [1.29, 1.82) is 0 Å². The molecular weight excluding hydrogens is 338 g/mol. The average Bonchev–Trinajstić information content (AvgIpc) is 3.12. The maximum Gasteiger partial charge on any atom is 0.321 e. The number of anilines is 1. The van der Waals surface area contributed by atoms with Crippen molar-refractivity contribution in [3.05, 3.63) is 65.7 Å². The number of amides is 3. The van der Waals surface area contributed by atoms with Gasteiger partial charge in [-0.1, -0.05) is 42.5 Å². The molecule has 4 rings (SSSR count). The van der Waals surface area contributed by atoms with E-state index < -0.39 is 0 Å². The molecule has 1 atom stereocenters. The van der Waals surface area contributed by atoms with Crippen LogP contribution in [0.4, 0.5) is 10.5 Å². The molecule has 2 aliphatic rings. The van der Waals surface area contributed by atoms with E-state index in [1.54, 1.807) is 4.90 Å². The molecule has 0 saturated carbocycles. The summed E-state index contributed by atoms with van der Waals surface area (Å²) < 4.78 is 0. The summed E-state index contributed by atoms with van der Waals surface area (Å²) in [5, 5.41) is 6.14. The molecular formula is C22H25N3O2. The highest BCUT2D eigenvalue weighted by Gasteiger charge is 2.30. The van der Waals surface area contributed by atoms with Gasteiger partial charge in [0.15, 0.2) is 0 Å². The first-order valence-electron chi connectivity index (χ1n) is 9.70. The van der Waals surface area contributed by atoms with Crippen molar-refractivity contribution in [1.82, 2.24) is 10.2 Å². The summed E-state index contributed by atoms with van der Waals surface area (Å²) in [6.45, 7) is 1.22. The quantitative estimate of drug-likeness (QED) is 0.873. The Kier molecular flexibility index (Phi) is 5.10. The Balaban J connectivity index is 1.28. The molecule has 1 aliphatic heterocycles. The molecule has 27 heavy (non-hydrogen) atoms. The largest absolute Gasteiger partial charge is 0.349 e. The van der Waals surface area contributed by atoms with Crippen LogP contribution in [0, 0.1) is 5.92 Å². The van der Waals surface area contributed by atoms with Crippen LogP contribution in [0.15, 0.2) is 54.6 Å². The van der Waals surface area contributed by atoms with Crippen molar-refractivity contribution in [3.63, 3.8) is 0 Å². The lowest BCUT2D eigenvalue weighted by atomic mass is 9.95. The van der Waals surface area contributed by atoms with Gasteiger partial charge >= 0.3 is 6.03 Å². The normalized spacial score (nSPS) is 19.4. The monoisotopic (exact) mass is 363 g/mol. The average molecular weight is 363 g/mol. The number of piperidine rings is 1. The third-order valence-corrected chi connectivity index (χ3v) is 5.63. The van der Waals surface area contributed by atoms with E-state index in [0.29, 0.717) is 25.9 Å². The highest BCUT2D eigenvalue weighted by molar-refractivity contribution is 5.89. The van der Waals surface area contributed by atoms with Gasteiger partial charge in [0.1, 0.15) is 0 Å². The molecule has 1 heterocycles. The van der Waals surface area contributed by atoms with E-state index in [4.69, 9.17) is 0 Å². The van der Waals surface area contributed by atoms with Crippen LogP contribution >= 0.6 is 0 Å². The van der Waals surface area contributed by atoms with Crippen molar-refractivity contribution in [2.45, 2.75) is 31.7 Å². The second-order valence-electron chi connectivity index (χ2n) is 7.36. The number of aryl methyl sites for hydroxylation is 1. The van der Waals surface area contributed by atoms with Crippen LogP contribution in [0.25, 0.3) is 0 Å². The van der Waals surface area contributed by atoms with Crippen molar-refractivity contribution in [2.24, 2.45) is 5.92 Å². The first kappa shape index (κ1) is 17.6. The van der Waals surface area contributed by atoms with Crippen molar-refractivity contribution >= 4 is 17.6 Å². The number of nitrogens with one attached hydrogen (secondary N) is 2. The molecule has 2 aromatic rings. The summed E-state index contributed by atoms with van der Waals surface area (Å²) in [5.74, 6) is 0.110. The molecule has 0 bridgehead atoms. The van der Waals surface area contributed by atoms with E-state index in [0.717, 1.165) is 18.5 Å². The van der Waals surface area contributed by atoms with Gasteiger partial charge in [-0.15, -0.1) is 0 Å². The third-order valence-electron chi connectivity index (χ3n) is 5.63. The molecule has 0 radical (unpaired) electrons. The van der Waals surface area contributed by atoms with E-state index in [1.165, 1.54) is 11.1 Å². The highest BCUT2D eigenvalue weighted by Crippen LogP contribution is 2.31. The van der Waals surface area contributed by atoms with Gasteiger partial charge < -0.3 is 15.5 Å². The number of likely N-dealkylation sites (tertiary alicyclic amines) is 1. The second kappa shape index (κ2) is 7.82. The fraction of sp³-hybridized carbons (Fsp3) is 0.364. The molecule has 0 aromatic heterocycles. The Morgan fingerprint density at radius 2 is 1.59 bits per heavy atom. The maximum absolute atomic E-state index is 12.7. The van der Waals surface area contributed by atoms with Gasteiger partial charge in [-0.25, -0.2) is 4.79 Å². The van der Waals surface area contributed by atoms with E-state index in [9.17, 15) is 9.59 Å². The minimum absolute atomic E-state index is 0.0152. The minimum Gasteiger partial charge on any atom is -0.349 e.